The average Bonchev–Trinajstić information content (AvgIpc) is 2.28. The zero-order valence-corrected chi connectivity index (χ0v) is 10.9. The molecule has 1 aliphatic heterocycles. The van der Waals surface area contributed by atoms with E-state index in [2.05, 4.69) is 42.1 Å². The maximum absolute atomic E-state index is 5.47. The minimum atomic E-state index is 0.428. The Morgan fingerprint density at radius 3 is 2.81 bits per heavy atom. The molecule has 1 rings (SSSR count). The Morgan fingerprint density at radius 2 is 2.19 bits per heavy atom. The largest absolute Gasteiger partial charge is 0.311 e. The fourth-order valence-corrected chi connectivity index (χ4v) is 2.28. The van der Waals surface area contributed by atoms with Gasteiger partial charge in [0.15, 0.2) is 0 Å². The molecule has 0 spiro atoms. The van der Waals surface area contributed by atoms with Gasteiger partial charge in [0.1, 0.15) is 0 Å². The van der Waals surface area contributed by atoms with Gasteiger partial charge in [-0.15, -0.1) is 12.3 Å². The average molecular weight is 223 g/mol. The van der Waals surface area contributed by atoms with Crippen molar-refractivity contribution in [2.75, 3.05) is 40.3 Å². The molecule has 16 heavy (non-hydrogen) atoms. The van der Waals surface area contributed by atoms with Crippen molar-refractivity contribution >= 4 is 0 Å². The van der Waals surface area contributed by atoms with Crippen molar-refractivity contribution in [1.82, 2.24) is 15.1 Å². The monoisotopic (exact) mass is 223 g/mol. The number of terminal acetylenes is 1. The zero-order valence-electron chi connectivity index (χ0n) is 10.9. The summed E-state index contributed by atoms with van der Waals surface area (Å²) in [5.41, 5.74) is 0. The van der Waals surface area contributed by atoms with E-state index in [1.165, 1.54) is 0 Å². The first-order valence-corrected chi connectivity index (χ1v) is 6.24. The van der Waals surface area contributed by atoms with Gasteiger partial charge in [0.25, 0.3) is 0 Å². The van der Waals surface area contributed by atoms with E-state index in [-0.39, 0.29) is 0 Å². The molecule has 1 N–H and O–H groups in total. The molecular formula is C13H25N3. The predicted octanol–water partition coefficient (Wildman–Crippen LogP) is 0.624. The molecule has 3 nitrogen and oxygen atoms in total. The minimum absolute atomic E-state index is 0.428. The van der Waals surface area contributed by atoms with Gasteiger partial charge in [-0.05, 0) is 27.1 Å². The molecule has 1 heterocycles. The van der Waals surface area contributed by atoms with Crippen molar-refractivity contribution in [2.45, 2.75) is 31.8 Å². The van der Waals surface area contributed by atoms with Crippen LogP contribution in [-0.2, 0) is 0 Å². The van der Waals surface area contributed by atoms with Gasteiger partial charge in [-0.1, -0.05) is 6.92 Å². The van der Waals surface area contributed by atoms with E-state index in [1.54, 1.807) is 0 Å². The molecule has 0 aromatic carbocycles. The molecule has 2 unspecified atom stereocenters. The van der Waals surface area contributed by atoms with Crippen molar-refractivity contribution in [3.8, 4) is 12.3 Å². The molecule has 1 aliphatic rings. The molecular weight excluding hydrogens is 198 g/mol. The van der Waals surface area contributed by atoms with Crippen LogP contribution in [0.25, 0.3) is 0 Å². The van der Waals surface area contributed by atoms with Gasteiger partial charge in [-0.25, -0.2) is 0 Å². The Bertz CT molecular complexity index is 234. The maximum atomic E-state index is 5.47. The molecule has 0 aromatic heterocycles. The molecule has 0 aliphatic carbocycles. The van der Waals surface area contributed by atoms with Crippen molar-refractivity contribution < 1.29 is 0 Å². The van der Waals surface area contributed by atoms with Gasteiger partial charge in [0, 0.05) is 38.1 Å². The van der Waals surface area contributed by atoms with Crippen molar-refractivity contribution in [3.63, 3.8) is 0 Å². The van der Waals surface area contributed by atoms with E-state index in [9.17, 15) is 0 Å². The summed E-state index contributed by atoms with van der Waals surface area (Å²) in [6.07, 6.45) is 7.45. The third kappa shape index (κ3) is 3.79. The fraction of sp³-hybridized carbons (Fsp3) is 0.846. The summed E-state index contributed by atoms with van der Waals surface area (Å²) in [4.78, 5) is 4.83. The SMILES string of the molecule is C#CCC(NCCC)C1CN(C)CCN1C. The lowest BCUT2D eigenvalue weighted by Crippen LogP contribution is -2.58. The number of hydrogen-bond donors (Lipinski definition) is 1. The van der Waals surface area contributed by atoms with Crippen LogP contribution in [0.5, 0.6) is 0 Å². The predicted molar refractivity (Wildman–Crippen MR) is 69.4 cm³/mol. The van der Waals surface area contributed by atoms with Crippen LogP contribution in [0.2, 0.25) is 0 Å². The topological polar surface area (TPSA) is 18.5 Å². The highest BCUT2D eigenvalue weighted by atomic mass is 15.3. The van der Waals surface area contributed by atoms with Gasteiger partial charge in [-0.2, -0.15) is 0 Å². The zero-order chi connectivity index (χ0) is 12.0. The highest BCUT2D eigenvalue weighted by molar-refractivity contribution is 4.97. The lowest BCUT2D eigenvalue weighted by atomic mass is 10.0. The van der Waals surface area contributed by atoms with E-state index < -0.39 is 0 Å². The molecule has 1 fully saturated rings. The van der Waals surface area contributed by atoms with Crippen molar-refractivity contribution in [3.05, 3.63) is 0 Å². The number of piperazine rings is 1. The van der Waals surface area contributed by atoms with Crippen molar-refractivity contribution in [1.29, 1.82) is 0 Å². The Kier molecular flexibility index (Phi) is 5.83. The summed E-state index contributed by atoms with van der Waals surface area (Å²) in [6, 6.07) is 0.971. The van der Waals surface area contributed by atoms with Crippen LogP contribution >= 0.6 is 0 Å². The first-order chi connectivity index (χ1) is 7.69. The van der Waals surface area contributed by atoms with Crippen LogP contribution in [0, 0.1) is 12.3 Å². The van der Waals surface area contributed by atoms with Crippen LogP contribution < -0.4 is 5.32 Å². The smallest absolute Gasteiger partial charge is 0.0383 e. The first-order valence-electron chi connectivity index (χ1n) is 6.24. The number of nitrogens with zero attached hydrogens (tertiary/aromatic N) is 2. The molecule has 0 amide bonds. The van der Waals surface area contributed by atoms with Crippen LogP contribution in [-0.4, -0.2) is 62.2 Å². The molecule has 3 heteroatoms. The Balaban J connectivity index is 2.56. The second-order valence-corrected chi connectivity index (χ2v) is 4.78. The third-order valence-electron chi connectivity index (χ3n) is 3.36. The summed E-state index contributed by atoms with van der Waals surface area (Å²) < 4.78 is 0. The van der Waals surface area contributed by atoms with Crippen LogP contribution in [0.15, 0.2) is 0 Å². The van der Waals surface area contributed by atoms with Gasteiger partial charge < -0.3 is 10.2 Å². The number of rotatable bonds is 5. The van der Waals surface area contributed by atoms with Crippen LogP contribution in [0.1, 0.15) is 19.8 Å². The fourth-order valence-electron chi connectivity index (χ4n) is 2.28. The standard InChI is InChI=1S/C13H25N3/c1-5-7-12(14-8-6-2)13-11-15(3)9-10-16(13)4/h1,12-14H,6-11H2,2-4H3. The van der Waals surface area contributed by atoms with Gasteiger partial charge >= 0.3 is 0 Å². The number of hydrogen-bond acceptors (Lipinski definition) is 3. The molecule has 1 saturated heterocycles. The second kappa shape index (κ2) is 6.90. The molecule has 92 valence electrons. The second-order valence-electron chi connectivity index (χ2n) is 4.78. The number of likely N-dealkylation sites (N-methyl/N-ethyl adjacent to an activating group) is 2. The highest BCUT2D eigenvalue weighted by Gasteiger charge is 2.28. The Hall–Kier alpha value is -0.560. The van der Waals surface area contributed by atoms with E-state index in [1.807, 2.05) is 0 Å². The lowest BCUT2D eigenvalue weighted by Gasteiger charge is -2.41. The number of nitrogens with one attached hydrogen (secondary N) is 1. The van der Waals surface area contributed by atoms with Crippen LogP contribution in [0.3, 0.4) is 0 Å². The van der Waals surface area contributed by atoms with Gasteiger partial charge in [0.05, 0.1) is 0 Å². The van der Waals surface area contributed by atoms with E-state index in [0.717, 1.165) is 39.0 Å². The van der Waals surface area contributed by atoms with E-state index in [0.29, 0.717) is 12.1 Å². The van der Waals surface area contributed by atoms with Gasteiger partial charge in [-0.3, -0.25) is 4.90 Å². The Morgan fingerprint density at radius 1 is 1.44 bits per heavy atom. The summed E-state index contributed by atoms with van der Waals surface area (Å²) >= 11 is 0. The van der Waals surface area contributed by atoms with Crippen LogP contribution in [0.4, 0.5) is 0 Å². The summed E-state index contributed by atoms with van der Waals surface area (Å²) in [7, 11) is 4.39. The summed E-state index contributed by atoms with van der Waals surface area (Å²) in [5, 5.41) is 3.58. The minimum Gasteiger partial charge on any atom is -0.311 e. The highest BCUT2D eigenvalue weighted by Crippen LogP contribution is 2.12. The summed E-state index contributed by atoms with van der Waals surface area (Å²) in [5.74, 6) is 2.80. The Labute approximate surface area is 100 Å². The molecule has 2 atom stereocenters. The molecule has 0 saturated carbocycles. The molecule has 0 bridgehead atoms. The molecule has 0 aromatic rings. The molecule has 0 radical (unpaired) electrons. The third-order valence-corrected chi connectivity index (χ3v) is 3.36. The van der Waals surface area contributed by atoms with E-state index in [4.69, 9.17) is 6.42 Å². The van der Waals surface area contributed by atoms with E-state index >= 15 is 0 Å². The first kappa shape index (κ1) is 13.5. The quantitative estimate of drug-likeness (QED) is 0.690. The van der Waals surface area contributed by atoms with Crippen molar-refractivity contribution in [2.24, 2.45) is 0 Å². The summed E-state index contributed by atoms with van der Waals surface area (Å²) in [6.45, 7) is 6.65. The maximum Gasteiger partial charge on any atom is 0.0383 e. The lowest BCUT2D eigenvalue weighted by molar-refractivity contribution is 0.0889. The van der Waals surface area contributed by atoms with Gasteiger partial charge in [0.2, 0.25) is 0 Å². The normalized spacial score (nSPS) is 25.2.